The highest BCUT2D eigenvalue weighted by Gasteiger charge is 2.25. The van der Waals surface area contributed by atoms with Gasteiger partial charge in [-0.1, -0.05) is 24.3 Å². The number of carbonyl (C=O) groups is 1. The molecule has 7 heteroatoms. The van der Waals surface area contributed by atoms with Gasteiger partial charge in [0.2, 0.25) is 0 Å². The van der Waals surface area contributed by atoms with Crippen LogP contribution in [0.2, 0.25) is 0 Å². The SMILES string of the molecule is CCOc1ccc(CC(C(=O)O)c2ccccc2OC)cc1[N+](=O)[O-]. The number of carboxylic acid groups (broad SMARTS) is 1. The van der Waals surface area contributed by atoms with Crippen LogP contribution in [0.25, 0.3) is 0 Å². The van der Waals surface area contributed by atoms with Gasteiger partial charge in [0.25, 0.3) is 0 Å². The molecule has 1 N–H and O–H groups in total. The average Bonchev–Trinajstić information content (AvgIpc) is 2.60. The van der Waals surface area contributed by atoms with Crippen molar-refractivity contribution in [3.05, 3.63) is 63.7 Å². The lowest BCUT2D eigenvalue weighted by molar-refractivity contribution is -0.385. The van der Waals surface area contributed by atoms with Crippen molar-refractivity contribution in [2.75, 3.05) is 13.7 Å². The lowest BCUT2D eigenvalue weighted by Crippen LogP contribution is -2.15. The van der Waals surface area contributed by atoms with E-state index in [-0.39, 0.29) is 17.9 Å². The smallest absolute Gasteiger partial charge is 0.311 e. The third kappa shape index (κ3) is 4.26. The molecule has 0 aliphatic carbocycles. The van der Waals surface area contributed by atoms with E-state index >= 15 is 0 Å². The van der Waals surface area contributed by atoms with E-state index in [4.69, 9.17) is 9.47 Å². The Morgan fingerprint density at radius 2 is 1.96 bits per heavy atom. The molecule has 132 valence electrons. The van der Waals surface area contributed by atoms with Crippen LogP contribution in [0.1, 0.15) is 24.0 Å². The summed E-state index contributed by atoms with van der Waals surface area (Å²) in [5.41, 5.74) is 0.881. The molecule has 0 bridgehead atoms. The molecule has 0 amide bonds. The highest BCUT2D eigenvalue weighted by molar-refractivity contribution is 5.77. The second-order valence-corrected chi connectivity index (χ2v) is 5.33. The van der Waals surface area contributed by atoms with Gasteiger partial charge in [0, 0.05) is 11.6 Å². The first kappa shape index (κ1) is 18.3. The first-order chi connectivity index (χ1) is 12.0. The normalized spacial score (nSPS) is 11.6. The van der Waals surface area contributed by atoms with Crippen LogP contribution in [0.15, 0.2) is 42.5 Å². The number of nitro groups is 1. The van der Waals surface area contributed by atoms with E-state index < -0.39 is 16.8 Å². The molecule has 7 nitrogen and oxygen atoms in total. The second-order valence-electron chi connectivity index (χ2n) is 5.33. The quantitative estimate of drug-likeness (QED) is 0.581. The number of benzene rings is 2. The fourth-order valence-corrected chi connectivity index (χ4v) is 2.63. The molecule has 0 saturated heterocycles. The molecule has 0 heterocycles. The lowest BCUT2D eigenvalue weighted by atomic mass is 9.91. The van der Waals surface area contributed by atoms with Gasteiger partial charge >= 0.3 is 11.7 Å². The number of hydrogen-bond donors (Lipinski definition) is 1. The topological polar surface area (TPSA) is 98.9 Å². The molecule has 1 atom stereocenters. The zero-order chi connectivity index (χ0) is 18.4. The zero-order valence-corrected chi connectivity index (χ0v) is 14.0. The Morgan fingerprint density at radius 3 is 2.56 bits per heavy atom. The monoisotopic (exact) mass is 345 g/mol. The van der Waals surface area contributed by atoms with E-state index in [9.17, 15) is 20.0 Å². The standard InChI is InChI=1S/C18H19NO6/c1-3-25-17-9-8-12(11-15(17)19(22)23)10-14(18(20)21)13-6-4-5-7-16(13)24-2/h4-9,11,14H,3,10H2,1-2H3,(H,20,21). The minimum Gasteiger partial charge on any atom is -0.496 e. The number of carboxylic acids is 1. The van der Waals surface area contributed by atoms with Gasteiger partial charge < -0.3 is 14.6 Å². The van der Waals surface area contributed by atoms with Gasteiger partial charge in [0.15, 0.2) is 5.75 Å². The van der Waals surface area contributed by atoms with Gasteiger partial charge in [-0.05, 0) is 31.0 Å². The fraction of sp³-hybridized carbons (Fsp3) is 0.278. The van der Waals surface area contributed by atoms with Crippen LogP contribution < -0.4 is 9.47 Å². The van der Waals surface area contributed by atoms with Crippen molar-refractivity contribution in [1.29, 1.82) is 0 Å². The average molecular weight is 345 g/mol. The summed E-state index contributed by atoms with van der Waals surface area (Å²) in [4.78, 5) is 22.4. The Hall–Kier alpha value is -3.09. The Kier molecular flexibility index (Phi) is 5.94. The molecular formula is C18H19NO6. The Bertz CT molecular complexity index is 774. The van der Waals surface area contributed by atoms with Crippen LogP contribution in [0, 0.1) is 10.1 Å². The Morgan fingerprint density at radius 1 is 1.24 bits per heavy atom. The minimum absolute atomic E-state index is 0.100. The first-order valence-corrected chi connectivity index (χ1v) is 7.73. The summed E-state index contributed by atoms with van der Waals surface area (Å²) in [5, 5.41) is 20.8. The molecule has 0 aliphatic heterocycles. The molecular weight excluding hydrogens is 326 g/mol. The molecule has 2 aromatic carbocycles. The summed E-state index contributed by atoms with van der Waals surface area (Å²) in [5.74, 6) is -1.27. The predicted octanol–water partition coefficient (Wildman–Crippen LogP) is 3.41. The predicted molar refractivity (Wildman–Crippen MR) is 91.3 cm³/mol. The van der Waals surface area contributed by atoms with E-state index in [1.807, 2.05) is 0 Å². The van der Waals surface area contributed by atoms with Crippen LogP contribution in [0.4, 0.5) is 5.69 Å². The van der Waals surface area contributed by atoms with Gasteiger partial charge in [0.1, 0.15) is 5.75 Å². The molecule has 2 rings (SSSR count). The van der Waals surface area contributed by atoms with E-state index in [1.165, 1.54) is 19.2 Å². The number of rotatable bonds is 8. The third-order valence-electron chi connectivity index (χ3n) is 3.77. The molecule has 1 unspecified atom stereocenters. The van der Waals surface area contributed by atoms with E-state index in [0.29, 0.717) is 23.5 Å². The first-order valence-electron chi connectivity index (χ1n) is 7.73. The van der Waals surface area contributed by atoms with Crippen LogP contribution in [0.5, 0.6) is 11.5 Å². The summed E-state index contributed by atoms with van der Waals surface area (Å²) in [6.07, 6.45) is 0.100. The lowest BCUT2D eigenvalue weighted by Gasteiger charge is -2.16. The molecule has 0 aromatic heterocycles. The highest BCUT2D eigenvalue weighted by Crippen LogP contribution is 2.33. The summed E-state index contributed by atoms with van der Waals surface area (Å²) in [6, 6.07) is 11.3. The maximum atomic E-state index is 11.7. The highest BCUT2D eigenvalue weighted by atomic mass is 16.6. The number of nitro benzene ring substituents is 1. The molecule has 0 aliphatic rings. The van der Waals surface area contributed by atoms with Crippen molar-refractivity contribution in [2.45, 2.75) is 19.3 Å². The second kappa shape index (κ2) is 8.14. The summed E-state index contributed by atoms with van der Waals surface area (Å²) in [7, 11) is 1.47. The number of ether oxygens (including phenoxy) is 2. The fourth-order valence-electron chi connectivity index (χ4n) is 2.63. The van der Waals surface area contributed by atoms with Crippen molar-refractivity contribution in [3.8, 4) is 11.5 Å². The summed E-state index contributed by atoms with van der Waals surface area (Å²) in [6.45, 7) is 2.04. The number of methoxy groups -OCH3 is 1. The van der Waals surface area contributed by atoms with Crippen LogP contribution >= 0.6 is 0 Å². The summed E-state index contributed by atoms with van der Waals surface area (Å²) >= 11 is 0. The van der Waals surface area contributed by atoms with Gasteiger partial charge in [-0.25, -0.2) is 0 Å². The van der Waals surface area contributed by atoms with E-state index in [1.54, 1.807) is 37.3 Å². The number of nitrogens with zero attached hydrogens (tertiary/aromatic N) is 1. The maximum Gasteiger partial charge on any atom is 0.311 e. The molecule has 0 radical (unpaired) electrons. The zero-order valence-electron chi connectivity index (χ0n) is 14.0. The van der Waals surface area contributed by atoms with Gasteiger partial charge in [0.05, 0.1) is 24.6 Å². The third-order valence-corrected chi connectivity index (χ3v) is 3.77. The molecule has 0 spiro atoms. The Labute approximate surface area is 145 Å². The van der Waals surface area contributed by atoms with Crippen molar-refractivity contribution in [2.24, 2.45) is 0 Å². The van der Waals surface area contributed by atoms with Crippen LogP contribution in [-0.2, 0) is 11.2 Å². The summed E-state index contributed by atoms with van der Waals surface area (Å²) < 4.78 is 10.5. The Balaban J connectivity index is 2.39. The van der Waals surface area contributed by atoms with Gasteiger partial charge in [-0.3, -0.25) is 14.9 Å². The van der Waals surface area contributed by atoms with E-state index in [0.717, 1.165) is 0 Å². The number of aliphatic carboxylic acids is 1. The largest absolute Gasteiger partial charge is 0.496 e. The van der Waals surface area contributed by atoms with Gasteiger partial charge in [-0.15, -0.1) is 0 Å². The minimum atomic E-state index is -1.03. The molecule has 0 fully saturated rings. The molecule has 0 saturated carbocycles. The number of hydrogen-bond acceptors (Lipinski definition) is 5. The molecule has 25 heavy (non-hydrogen) atoms. The van der Waals surface area contributed by atoms with Crippen LogP contribution in [-0.4, -0.2) is 29.7 Å². The molecule has 2 aromatic rings. The van der Waals surface area contributed by atoms with Crippen molar-refractivity contribution < 1.29 is 24.3 Å². The number of para-hydroxylation sites is 1. The maximum absolute atomic E-state index is 11.7. The van der Waals surface area contributed by atoms with Crippen molar-refractivity contribution in [1.82, 2.24) is 0 Å². The van der Waals surface area contributed by atoms with Crippen molar-refractivity contribution in [3.63, 3.8) is 0 Å². The van der Waals surface area contributed by atoms with Gasteiger partial charge in [-0.2, -0.15) is 0 Å². The van der Waals surface area contributed by atoms with Crippen LogP contribution in [0.3, 0.4) is 0 Å². The van der Waals surface area contributed by atoms with E-state index in [2.05, 4.69) is 0 Å². The van der Waals surface area contributed by atoms with Crippen molar-refractivity contribution >= 4 is 11.7 Å².